The fourth-order valence-corrected chi connectivity index (χ4v) is 3.59. The Morgan fingerprint density at radius 3 is 2.62 bits per heavy atom. The van der Waals surface area contributed by atoms with E-state index in [1.165, 1.54) is 10.4 Å². The molecule has 86 valence electrons. The van der Waals surface area contributed by atoms with Gasteiger partial charge < -0.3 is 5.11 Å². The van der Waals surface area contributed by atoms with Crippen molar-refractivity contribution in [3.63, 3.8) is 0 Å². The van der Waals surface area contributed by atoms with E-state index in [2.05, 4.69) is 30.5 Å². The summed E-state index contributed by atoms with van der Waals surface area (Å²) in [4.78, 5) is 2.44. The van der Waals surface area contributed by atoms with Crippen molar-refractivity contribution in [2.75, 3.05) is 0 Å². The molecule has 0 aliphatic rings. The van der Waals surface area contributed by atoms with Gasteiger partial charge >= 0.3 is 0 Å². The third-order valence-corrected chi connectivity index (χ3v) is 5.00. The van der Waals surface area contributed by atoms with Crippen LogP contribution in [0, 0.1) is 6.92 Å². The molecule has 1 atom stereocenters. The smallest absolute Gasteiger partial charge is 0.0966 e. The molecule has 0 aliphatic heterocycles. The molecule has 1 nitrogen and oxygen atoms in total. The largest absolute Gasteiger partial charge is 0.385 e. The Labute approximate surface area is 104 Å². The molecule has 3 heteroatoms. The first-order chi connectivity index (χ1) is 7.59. The van der Waals surface area contributed by atoms with Gasteiger partial charge in [-0.2, -0.15) is 0 Å². The van der Waals surface area contributed by atoms with Crippen LogP contribution in [0.15, 0.2) is 29.0 Å². The van der Waals surface area contributed by atoms with Gasteiger partial charge in [-0.25, -0.2) is 0 Å². The third kappa shape index (κ3) is 2.54. The molecule has 0 amide bonds. The summed E-state index contributed by atoms with van der Waals surface area (Å²) >= 11 is 3.40. The van der Waals surface area contributed by atoms with Crippen molar-refractivity contribution >= 4 is 22.7 Å². The van der Waals surface area contributed by atoms with Gasteiger partial charge in [0.15, 0.2) is 0 Å². The van der Waals surface area contributed by atoms with Crippen LogP contribution >= 0.6 is 22.7 Å². The minimum Gasteiger partial charge on any atom is -0.385 e. The third-order valence-electron chi connectivity index (χ3n) is 2.79. The van der Waals surface area contributed by atoms with Crippen LogP contribution in [0.5, 0.6) is 0 Å². The van der Waals surface area contributed by atoms with Gasteiger partial charge in [-0.1, -0.05) is 6.07 Å². The van der Waals surface area contributed by atoms with E-state index < -0.39 is 5.60 Å². The standard InChI is InChI=1S/C13H16OS2/c1-10-6-9-16-12(10)13(2,14)7-5-11-4-3-8-15-11/h3-4,6,8-9,14H,5,7H2,1-2H3. The van der Waals surface area contributed by atoms with E-state index in [1.54, 1.807) is 22.7 Å². The second kappa shape index (κ2) is 4.70. The van der Waals surface area contributed by atoms with Crippen molar-refractivity contribution in [2.24, 2.45) is 0 Å². The van der Waals surface area contributed by atoms with Crippen LogP contribution in [0.1, 0.15) is 28.7 Å². The van der Waals surface area contributed by atoms with E-state index >= 15 is 0 Å². The Hall–Kier alpha value is -0.640. The molecule has 2 rings (SSSR count). The number of aliphatic hydroxyl groups is 1. The summed E-state index contributed by atoms with van der Waals surface area (Å²) in [5.74, 6) is 0. The van der Waals surface area contributed by atoms with Gasteiger partial charge in [-0.05, 0) is 55.1 Å². The molecule has 0 saturated heterocycles. The fraction of sp³-hybridized carbons (Fsp3) is 0.385. The number of thiophene rings is 2. The molecule has 2 aromatic heterocycles. The van der Waals surface area contributed by atoms with Gasteiger partial charge in [0.25, 0.3) is 0 Å². The molecule has 16 heavy (non-hydrogen) atoms. The van der Waals surface area contributed by atoms with Crippen LogP contribution in [0.2, 0.25) is 0 Å². The molecule has 1 unspecified atom stereocenters. The van der Waals surface area contributed by atoms with E-state index in [-0.39, 0.29) is 0 Å². The summed E-state index contributed by atoms with van der Waals surface area (Å²) in [5.41, 5.74) is 0.503. The highest BCUT2D eigenvalue weighted by atomic mass is 32.1. The van der Waals surface area contributed by atoms with Crippen molar-refractivity contribution in [2.45, 2.75) is 32.3 Å². The second-order valence-corrected chi connectivity index (χ2v) is 6.23. The molecule has 0 aromatic carbocycles. The monoisotopic (exact) mass is 252 g/mol. The summed E-state index contributed by atoms with van der Waals surface area (Å²) in [6.45, 7) is 3.98. The molecule has 0 aliphatic carbocycles. The fourth-order valence-electron chi connectivity index (χ4n) is 1.86. The van der Waals surface area contributed by atoms with Crippen LogP contribution in [0.3, 0.4) is 0 Å². The Morgan fingerprint density at radius 1 is 1.25 bits per heavy atom. The minimum atomic E-state index is -0.692. The minimum absolute atomic E-state index is 0.692. The Kier molecular flexibility index (Phi) is 3.47. The highest BCUT2D eigenvalue weighted by Gasteiger charge is 2.25. The first-order valence-electron chi connectivity index (χ1n) is 5.39. The van der Waals surface area contributed by atoms with Crippen LogP contribution in [0.25, 0.3) is 0 Å². The van der Waals surface area contributed by atoms with Gasteiger partial charge in [-0.15, -0.1) is 22.7 Å². The lowest BCUT2D eigenvalue weighted by Crippen LogP contribution is -2.21. The van der Waals surface area contributed by atoms with Crippen LogP contribution < -0.4 is 0 Å². The van der Waals surface area contributed by atoms with Crippen molar-refractivity contribution < 1.29 is 5.11 Å². The average Bonchev–Trinajstić information content (AvgIpc) is 2.85. The van der Waals surface area contributed by atoms with Crippen molar-refractivity contribution in [1.29, 1.82) is 0 Å². The molecular formula is C13H16OS2. The molecule has 0 bridgehead atoms. The SMILES string of the molecule is Cc1ccsc1C(C)(O)CCc1cccs1. The maximum atomic E-state index is 10.5. The van der Waals surface area contributed by atoms with E-state index in [4.69, 9.17) is 0 Å². The zero-order valence-corrected chi connectivity index (χ0v) is 11.2. The van der Waals surface area contributed by atoms with E-state index in [0.717, 1.165) is 17.7 Å². The Bertz CT molecular complexity index is 440. The molecule has 0 radical (unpaired) electrons. The normalized spacial score (nSPS) is 14.9. The average molecular weight is 252 g/mol. The van der Waals surface area contributed by atoms with Gasteiger partial charge in [0.2, 0.25) is 0 Å². The number of hydrogen-bond donors (Lipinski definition) is 1. The molecule has 1 N–H and O–H groups in total. The predicted molar refractivity (Wildman–Crippen MR) is 71.3 cm³/mol. The lowest BCUT2D eigenvalue weighted by atomic mass is 9.95. The summed E-state index contributed by atoms with van der Waals surface area (Å²) in [6.07, 6.45) is 1.73. The van der Waals surface area contributed by atoms with Crippen molar-refractivity contribution in [3.05, 3.63) is 44.3 Å². The quantitative estimate of drug-likeness (QED) is 0.873. The van der Waals surface area contributed by atoms with E-state index in [9.17, 15) is 5.11 Å². The molecular weight excluding hydrogens is 236 g/mol. The second-order valence-electron chi connectivity index (χ2n) is 4.29. The number of hydrogen-bond acceptors (Lipinski definition) is 3. The predicted octanol–water partition coefficient (Wildman–Crippen LogP) is 3.96. The Balaban J connectivity index is 2.06. The van der Waals surface area contributed by atoms with Crippen molar-refractivity contribution in [3.8, 4) is 0 Å². The van der Waals surface area contributed by atoms with Gasteiger partial charge in [0, 0.05) is 9.75 Å². The molecule has 2 aromatic rings. The van der Waals surface area contributed by atoms with Gasteiger partial charge in [-0.3, -0.25) is 0 Å². The van der Waals surface area contributed by atoms with Crippen LogP contribution in [0.4, 0.5) is 0 Å². The topological polar surface area (TPSA) is 20.2 Å². The van der Waals surface area contributed by atoms with Crippen LogP contribution in [-0.4, -0.2) is 5.11 Å². The molecule has 2 heterocycles. The Morgan fingerprint density at radius 2 is 2.06 bits per heavy atom. The molecule has 0 fully saturated rings. The van der Waals surface area contributed by atoms with Gasteiger partial charge in [0.1, 0.15) is 0 Å². The maximum absolute atomic E-state index is 10.5. The molecule has 0 saturated carbocycles. The lowest BCUT2D eigenvalue weighted by molar-refractivity contribution is 0.0515. The first-order valence-corrected chi connectivity index (χ1v) is 7.15. The van der Waals surface area contributed by atoms with E-state index in [0.29, 0.717) is 0 Å². The highest BCUT2D eigenvalue weighted by molar-refractivity contribution is 7.10. The lowest BCUT2D eigenvalue weighted by Gasteiger charge is -2.22. The molecule has 0 spiro atoms. The summed E-state index contributed by atoms with van der Waals surface area (Å²) < 4.78 is 0. The zero-order valence-electron chi connectivity index (χ0n) is 9.56. The number of rotatable bonds is 4. The highest BCUT2D eigenvalue weighted by Crippen LogP contribution is 2.33. The summed E-state index contributed by atoms with van der Waals surface area (Å²) in [7, 11) is 0. The van der Waals surface area contributed by atoms with E-state index in [1.807, 2.05) is 12.3 Å². The van der Waals surface area contributed by atoms with Crippen LogP contribution in [-0.2, 0) is 12.0 Å². The summed E-state index contributed by atoms with van der Waals surface area (Å²) in [6, 6.07) is 6.26. The summed E-state index contributed by atoms with van der Waals surface area (Å²) in [5, 5.41) is 14.6. The number of aryl methyl sites for hydroxylation is 2. The van der Waals surface area contributed by atoms with Crippen molar-refractivity contribution in [1.82, 2.24) is 0 Å². The maximum Gasteiger partial charge on any atom is 0.0966 e. The first kappa shape index (κ1) is 11.8. The zero-order chi connectivity index (χ0) is 11.6. The van der Waals surface area contributed by atoms with Gasteiger partial charge in [0.05, 0.1) is 5.60 Å².